The van der Waals surface area contributed by atoms with Gasteiger partial charge in [0.1, 0.15) is 0 Å². The molecule has 10 heteroatoms. The number of benzene rings is 3. The van der Waals surface area contributed by atoms with Crippen LogP contribution in [-0.4, -0.2) is 19.5 Å². The minimum atomic E-state index is -11.2. The van der Waals surface area contributed by atoms with Crippen LogP contribution in [0, 0.1) is 11.3 Å². The first-order valence-electron chi connectivity index (χ1n) is 8.14. The van der Waals surface area contributed by atoms with Crippen LogP contribution in [0.4, 0.5) is 16.9 Å². The minimum absolute atomic E-state index is 0. The topological polar surface area (TPSA) is 23.8 Å². The van der Waals surface area contributed by atoms with Gasteiger partial charge in [-0.15, -0.1) is 0 Å². The van der Waals surface area contributed by atoms with Crippen LogP contribution in [0.2, 0.25) is 0 Å². The number of hydrogen-bond acceptors (Lipinski definition) is 1. The number of hydrogen-bond donors (Lipinski definition) is 0. The average molecular weight is 736 g/mol. The maximum atomic E-state index is 9.93. The van der Waals surface area contributed by atoms with E-state index in [1.54, 1.807) is 6.07 Å². The monoisotopic (exact) mass is 735 g/mol. The smallest absolute Gasteiger partial charge is 0.0134 e. The quantitative estimate of drug-likeness (QED) is 0.181. The zero-order valence-electron chi connectivity index (χ0n) is 15.6. The van der Waals surface area contributed by atoms with Crippen LogP contribution in [0.3, 0.4) is 0 Å². The molecule has 0 radical (unpaired) electrons. The number of halogens is 6. The molecule has 3 aromatic carbocycles. The summed E-state index contributed by atoms with van der Waals surface area (Å²) in [6.07, 6.45) is 0. The van der Waals surface area contributed by atoms with E-state index in [2.05, 4.69) is 91.0 Å². The normalized spacial score (nSPS) is 12.4. The molecule has 3 aromatic rings. The molecule has 30 heavy (non-hydrogen) atoms. The van der Waals surface area contributed by atoms with E-state index in [1.807, 2.05) is 0 Å². The molecule has 1 nitrogen and oxygen atoms in total. The Morgan fingerprint density at radius 2 is 0.767 bits per heavy atom. The number of nitriles is 1. The number of rotatable bonds is 3. The van der Waals surface area contributed by atoms with Crippen LogP contribution < -0.4 is 15.9 Å². The van der Waals surface area contributed by atoms with Crippen molar-refractivity contribution >= 4 is 43.3 Å². The first-order valence-corrected chi connectivity index (χ1v) is 15.3. The van der Waals surface area contributed by atoms with Crippen molar-refractivity contribution < 1.29 is 39.3 Å². The maximum absolute atomic E-state index is 11.2. The molecule has 0 aromatic heterocycles. The second kappa shape index (κ2) is 11.4. The van der Waals surface area contributed by atoms with Gasteiger partial charge in [0, 0.05) is 6.92 Å². The summed E-state index contributed by atoms with van der Waals surface area (Å²) in [6, 6.07) is 34.1. The van der Waals surface area contributed by atoms with Crippen LogP contribution in [0.25, 0.3) is 0 Å². The molecule has 0 aliphatic carbocycles. The van der Waals surface area contributed by atoms with Gasteiger partial charge in [0.2, 0.25) is 0 Å². The largest absolute Gasteiger partial charge is 0.0622 e. The number of nitrogens with zero attached hydrogens (tertiary/aromatic N) is 1. The molecule has 0 heterocycles. The Labute approximate surface area is 190 Å². The Morgan fingerprint density at radius 3 is 0.933 bits per heavy atom. The average Bonchev–Trinajstić information content (AvgIpc) is 2.63. The minimum Gasteiger partial charge on any atom is -0.0622 e. The van der Waals surface area contributed by atoms with Crippen molar-refractivity contribution in [3.8, 4) is 6.07 Å². The Hall–Kier alpha value is -1.28. The third-order valence-electron chi connectivity index (χ3n) is 3.04. The summed E-state index contributed by atoms with van der Waals surface area (Å²) in [5.74, 6) is 0. The van der Waals surface area contributed by atoms with Crippen LogP contribution in [0.15, 0.2) is 91.0 Å². The summed E-state index contributed by atoms with van der Waals surface area (Å²) in [5.41, 5.74) is 0. The van der Waals surface area contributed by atoms with Crippen molar-refractivity contribution in [3.05, 3.63) is 91.0 Å². The second-order valence-electron chi connectivity index (χ2n) is 5.52. The summed E-state index contributed by atoms with van der Waals surface area (Å²) < 4.78 is 59.6. The van der Waals surface area contributed by atoms with E-state index in [0.717, 1.165) is 0 Å². The Morgan fingerprint density at radius 1 is 0.600 bits per heavy atom. The molecule has 0 N–H and O–H groups in total. The Kier molecular flexibility index (Phi) is 10.9. The van der Waals surface area contributed by atoms with Crippen LogP contribution in [0.5, 0.6) is 0 Å². The second-order valence-corrected chi connectivity index (χ2v) is 13.2. The van der Waals surface area contributed by atoms with Gasteiger partial charge < -0.3 is 0 Å². The fourth-order valence-corrected chi connectivity index (χ4v) is 4.48. The van der Waals surface area contributed by atoms with Crippen molar-refractivity contribution in [2.24, 2.45) is 0 Å². The first kappa shape index (κ1) is 28.7. The molecule has 0 aliphatic heterocycles. The molecular weight excluding hydrogens is 718 g/mol. The van der Waals surface area contributed by atoms with E-state index in [0.29, 0.717) is 0 Å². The molecule has 0 fully saturated rings. The molecular formula is C20H18AuF6NPSb. The fraction of sp³-hybridized carbons (Fsp3) is 0.0500. The zero-order valence-corrected chi connectivity index (χ0v) is 21.2. The van der Waals surface area contributed by atoms with E-state index in [4.69, 9.17) is 5.26 Å². The summed E-state index contributed by atoms with van der Waals surface area (Å²) in [4.78, 5) is 0. The third kappa shape index (κ3) is 14.7. The van der Waals surface area contributed by atoms with Gasteiger partial charge in [-0.2, -0.15) is 5.26 Å². The van der Waals surface area contributed by atoms with Crippen molar-refractivity contribution in [2.45, 2.75) is 6.92 Å². The van der Waals surface area contributed by atoms with Gasteiger partial charge >= 0.3 is 58.7 Å². The van der Waals surface area contributed by atoms with Gasteiger partial charge in [0.15, 0.2) is 0 Å². The molecule has 0 spiro atoms. The van der Waals surface area contributed by atoms with E-state index in [1.165, 1.54) is 22.8 Å². The van der Waals surface area contributed by atoms with Crippen LogP contribution in [-0.2, 0) is 22.4 Å². The molecule has 0 bridgehead atoms. The van der Waals surface area contributed by atoms with E-state index in [9.17, 15) is 16.9 Å². The van der Waals surface area contributed by atoms with Crippen molar-refractivity contribution in [3.63, 3.8) is 0 Å². The summed E-state index contributed by atoms with van der Waals surface area (Å²) in [6.45, 7) is 1.43. The predicted octanol–water partition coefficient (Wildman–Crippen LogP) is 6.11. The SMILES string of the molecule is CC#N.[Au+].[F][Sb-]([F])([F])([F])([F])[F].c1ccc(P(c2ccccc2)c2ccccc2)cc1. The predicted molar refractivity (Wildman–Crippen MR) is 109 cm³/mol. The molecule has 0 atom stereocenters. The van der Waals surface area contributed by atoms with E-state index < -0.39 is 27.4 Å². The first-order chi connectivity index (χ1) is 13.3. The third-order valence-corrected chi connectivity index (χ3v) is 5.49. The van der Waals surface area contributed by atoms with Gasteiger partial charge in [-0.3, -0.25) is 0 Å². The van der Waals surface area contributed by atoms with Crippen molar-refractivity contribution in [1.82, 2.24) is 0 Å². The van der Waals surface area contributed by atoms with Gasteiger partial charge in [-0.05, 0) is 23.8 Å². The summed E-state index contributed by atoms with van der Waals surface area (Å²) in [7, 11) is -0.446. The summed E-state index contributed by atoms with van der Waals surface area (Å²) >= 11 is -11.2. The molecule has 0 aliphatic rings. The van der Waals surface area contributed by atoms with Crippen LogP contribution in [0.1, 0.15) is 6.92 Å². The van der Waals surface area contributed by atoms with Gasteiger partial charge in [-0.25, -0.2) is 0 Å². The van der Waals surface area contributed by atoms with E-state index >= 15 is 0 Å². The van der Waals surface area contributed by atoms with Gasteiger partial charge in [0.05, 0.1) is 6.07 Å². The zero-order chi connectivity index (χ0) is 22.0. The Balaban J connectivity index is 0.000000651. The molecule has 0 saturated carbocycles. The molecule has 0 amide bonds. The van der Waals surface area contributed by atoms with Gasteiger partial charge in [0.25, 0.3) is 0 Å². The molecule has 166 valence electrons. The molecule has 0 unspecified atom stereocenters. The Bertz CT molecular complexity index is 813. The molecule has 0 saturated heterocycles. The standard InChI is InChI=1S/C18H15P.C2H3N.Au.6FH.Sb/c1-4-10-16(11-5-1)19(17-12-6-2-7-13-17)18-14-8-3-9-15-18;1-2-3;;;;;;;;/h1-15H;1H3;;6*1H;/q;;+1;;;;;;;+5/p-6. The fourth-order valence-electron chi connectivity index (χ4n) is 2.18. The van der Waals surface area contributed by atoms with E-state index in [-0.39, 0.29) is 22.4 Å². The summed E-state index contributed by atoms with van der Waals surface area (Å²) in [5, 5.41) is 11.5. The molecule has 3 rings (SSSR count). The van der Waals surface area contributed by atoms with Crippen LogP contribution >= 0.6 is 7.92 Å². The van der Waals surface area contributed by atoms with Crippen molar-refractivity contribution in [1.29, 1.82) is 5.26 Å². The maximum Gasteiger partial charge on any atom is -0.0134 e. The van der Waals surface area contributed by atoms with Gasteiger partial charge in [-0.1, -0.05) is 91.0 Å². The van der Waals surface area contributed by atoms with Crippen molar-refractivity contribution in [2.75, 3.05) is 0 Å².